The Morgan fingerprint density at radius 1 is 1.41 bits per heavy atom. The Morgan fingerprint density at radius 2 is 2.00 bits per heavy atom. The van der Waals surface area contributed by atoms with Crippen molar-refractivity contribution < 1.29 is 64.3 Å². The summed E-state index contributed by atoms with van der Waals surface area (Å²) in [6.45, 7) is -3.35. The fourth-order valence-electron chi connectivity index (χ4n) is 1.33. The van der Waals surface area contributed by atoms with Gasteiger partial charge in [0, 0.05) is 14.2 Å². The number of azide groups is 1. The van der Waals surface area contributed by atoms with Crippen molar-refractivity contribution in [1.82, 2.24) is 0 Å². The largest absolute Gasteiger partial charge is 1.00 e. The Hall–Kier alpha value is 0.751. The minimum Gasteiger partial charge on any atom is -0.449 e. The van der Waals surface area contributed by atoms with Crippen LogP contribution in [0.25, 0.3) is 10.4 Å². The van der Waals surface area contributed by atoms with Crippen molar-refractivity contribution in [1.29, 1.82) is 0 Å². The predicted molar refractivity (Wildman–Crippen MR) is 65.5 cm³/mol. The van der Waals surface area contributed by atoms with Crippen LogP contribution in [0.15, 0.2) is 17.2 Å². The standard InChI is InChI=1S/C8H7BF3IN3.K/c1-5-6(4-9(10,11)12)2-7(13)3-8(5)15-16-14;/h2-3H,4H2,1H3;/q-1;+1. The van der Waals surface area contributed by atoms with Crippen LogP contribution < -0.4 is 51.4 Å². The van der Waals surface area contributed by atoms with Gasteiger partial charge in [-0.2, -0.15) is 0 Å². The second-order valence-corrected chi connectivity index (χ2v) is 4.56. The van der Waals surface area contributed by atoms with Gasteiger partial charge in [0.25, 0.3) is 0 Å². The van der Waals surface area contributed by atoms with Crippen LogP contribution in [0, 0.1) is 10.5 Å². The number of halogens is 4. The van der Waals surface area contributed by atoms with E-state index in [0.717, 1.165) is 0 Å². The predicted octanol–water partition coefficient (Wildman–Crippen LogP) is 1.47. The maximum atomic E-state index is 12.3. The minimum absolute atomic E-state index is 0. The molecule has 0 saturated heterocycles. The molecule has 17 heavy (non-hydrogen) atoms. The Labute approximate surface area is 153 Å². The molecule has 86 valence electrons. The normalized spacial score (nSPS) is 10.4. The van der Waals surface area contributed by atoms with E-state index in [9.17, 15) is 12.9 Å². The van der Waals surface area contributed by atoms with Crippen LogP contribution >= 0.6 is 22.6 Å². The molecule has 0 fully saturated rings. The van der Waals surface area contributed by atoms with Gasteiger partial charge in [-0.25, -0.2) is 0 Å². The van der Waals surface area contributed by atoms with Crippen molar-refractivity contribution in [3.63, 3.8) is 0 Å². The summed E-state index contributed by atoms with van der Waals surface area (Å²) in [7, 11) is 0. The Morgan fingerprint density at radius 3 is 2.47 bits per heavy atom. The first-order chi connectivity index (χ1) is 7.33. The average Bonchev–Trinajstić information content (AvgIpc) is 2.11. The molecule has 9 heteroatoms. The van der Waals surface area contributed by atoms with Gasteiger partial charge >= 0.3 is 58.4 Å². The Balaban J connectivity index is 0.00000256. The fourth-order valence-corrected chi connectivity index (χ4v) is 2.00. The minimum atomic E-state index is -4.88. The molecule has 1 aromatic rings. The average molecular weight is 379 g/mol. The second-order valence-electron chi connectivity index (χ2n) is 3.31. The van der Waals surface area contributed by atoms with E-state index in [1.54, 1.807) is 6.07 Å². The van der Waals surface area contributed by atoms with Crippen LogP contribution in [0.5, 0.6) is 0 Å². The number of hydrogen-bond acceptors (Lipinski definition) is 1. The summed E-state index contributed by atoms with van der Waals surface area (Å²) < 4.78 is 37.6. The molecule has 0 heterocycles. The summed E-state index contributed by atoms with van der Waals surface area (Å²) in [6, 6.07) is 3.02. The smallest absolute Gasteiger partial charge is 0.449 e. The van der Waals surface area contributed by atoms with Crippen LogP contribution in [0.4, 0.5) is 18.6 Å². The molecule has 1 rings (SSSR count). The maximum Gasteiger partial charge on any atom is 1.00 e. The molecule has 0 spiro atoms. The zero-order chi connectivity index (χ0) is 12.3. The summed E-state index contributed by atoms with van der Waals surface area (Å²) in [4.78, 5) is 2.59. The van der Waals surface area contributed by atoms with Gasteiger partial charge in [-0.1, -0.05) is 17.0 Å². The van der Waals surface area contributed by atoms with Crippen LogP contribution in [0.1, 0.15) is 11.1 Å². The summed E-state index contributed by atoms with van der Waals surface area (Å²) >= 11 is 1.90. The SMILES string of the molecule is Cc1c(C[B-](F)(F)F)cc(I)cc1N=[N+]=[N-].[K+]. The van der Waals surface area contributed by atoms with Gasteiger partial charge in [0.05, 0.1) is 0 Å². The Kier molecular flexibility index (Phi) is 7.69. The monoisotopic (exact) mass is 379 g/mol. The molecule has 0 N–H and O–H groups in total. The molecule has 0 radical (unpaired) electrons. The second kappa shape index (κ2) is 7.37. The molecule has 0 aromatic heterocycles. The molecule has 1 aromatic carbocycles. The van der Waals surface area contributed by atoms with Crippen molar-refractivity contribution in [3.05, 3.63) is 37.3 Å². The van der Waals surface area contributed by atoms with E-state index in [0.29, 0.717) is 9.13 Å². The van der Waals surface area contributed by atoms with Gasteiger partial charge < -0.3 is 12.9 Å². The van der Waals surface area contributed by atoms with Gasteiger partial charge in [-0.15, -0.1) is 0 Å². The topological polar surface area (TPSA) is 48.8 Å². The quantitative estimate of drug-likeness (QED) is 0.251. The van der Waals surface area contributed by atoms with E-state index in [1.807, 2.05) is 22.6 Å². The number of hydrogen-bond donors (Lipinski definition) is 0. The maximum absolute atomic E-state index is 12.3. The number of rotatable bonds is 3. The molecule has 0 aliphatic heterocycles. The zero-order valence-corrected chi connectivity index (χ0v) is 14.6. The van der Waals surface area contributed by atoms with Crippen LogP contribution in [0.2, 0.25) is 0 Å². The van der Waals surface area contributed by atoms with Gasteiger partial charge in [0.2, 0.25) is 0 Å². The number of nitrogens with zero attached hydrogens (tertiary/aromatic N) is 3. The van der Waals surface area contributed by atoms with Crippen LogP contribution in [-0.4, -0.2) is 6.98 Å². The summed E-state index contributed by atoms with van der Waals surface area (Å²) in [5, 5.41) is 3.37. The van der Waals surface area contributed by atoms with E-state index in [4.69, 9.17) is 5.53 Å². The van der Waals surface area contributed by atoms with Gasteiger partial charge in [-0.05, 0) is 52.7 Å². The molecule has 0 aliphatic carbocycles. The van der Waals surface area contributed by atoms with Crippen molar-refractivity contribution in [3.8, 4) is 0 Å². The van der Waals surface area contributed by atoms with E-state index < -0.39 is 13.3 Å². The molecule has 0 atom stereocenters. The third kappa shape index (κ3) is 5.95. The van der Waals surface area contributed by atoms with Crippen LogP contribution in [0.3, 0.4) is 0 Å². The van der Waals surface area contributed by atoms with Crippen LogP contribution in [-0.2, 0) is 6.32 Å². The van der Waals surface area contributed by atoms with Crippen molar-refractivity contribution in [2.24, 2.45) is 5.11 Å². The van der Waals surface area contributed by atoms with Gasteiger partial charge in [0.15, 0.2) is 0 Å². The molecule has 0 aliphatic rings. The first kappa shape index (κ1) is 17.8. The van der Waals surface area contributed by atoms with Crippen molar-refractivity contribution in [2.45, 2.75) is 13.2 Å². The third-order valence-electron chi connectivity index (χ3n) is 2.06. The fraction of sp³-hybridized carbons (Fsp3) is 0.250. The van der Waals surface area contributed by atoms with Crippen molar-refractivity contribution >= 4 is 35.3 Å². The number of benzene rings is 1. The Bertz CT molecular complexity index is 460. The van der Waals surface area contributed by atoms with E-state index in [-0.39, 0.29) is 62.6 Å². The molecule has 0 saturated carbocycles. The zero-order valence-electron chi connectivity index (χ0n) is 9.29. The first-order valence-corrected chi connectivity index (χ1v) is 5.46. The summed E-state index contributed by atoms with van der Waals surface area (Å²) in [5.41, 5.74) is 9.11. The van der Waals surface area contributed by atoms with E-state index in [1.165, 1.54) is 13.0 Å². The molecule has 3 nitrogen and oxygen atoms in total. The van der Waals surface area contributed by atoms with Gasteiger partial charge in [-0.3, -0.25) is 0 Å². The van der Waals surface area contributed by atoms with E-state index >= 15 is 0 Å². The molecule has 0 bridgehead atoms. The third-order valence-corrected chi connectivity index (χ3v) is 2.68. The summed E-state index contributed by atoms with van der Waals surface area (Å²) in [6.07, 6.45) is -0.948. The van der Waals surface area contributed by atoms with E-state index in [2.05, 4.69) is 10.0 Å². The molecule has 0 unspecified atom stereocenters. The molecular weight excluding hydrogens is 372 g/mol. The summed E-state index contributed by atoms with van der Waals surface area (Å²) in [5.74, 6) is 0. The van der Waals surface area contributed by atoms with Crippen molar-refractivity contribution in [2.75, 3.05) is 0 Å². The first-order valence-electron chi connectivity index (χ1n) is 4.38. The van der Waals surface area contributed by atoms with Gasteiger partial charge in [0.1, 0.15) is 0 Å². The molecular formula is C8H7BF3IKN3. The molecule has 0 amide bonds.